The average Bonchev–Trinajstić information content (AvgIpc) is 2.32. The van der Waals surface area contributed by atoms with E-state index in [0.717, 1.165) is 18.7 Å². The van der Waals surface area contributed by atoms with E-state index >= 15 is 0 Å². The van der Waals surface area contributed by atoms with E-state index in [0.29, 0.717) is 6.42 Å². The molecular formula is C12H17F2N3O2. The Balaban J connectivity index is 2.92. The number of nitrogens with zero attached hydrogens (tertiary/aromatic N) is 2. The van der Waals surface area contributed by atoms with Gasteiger partial charge in [-0.05, 0) is 40.1 Å². The summed E-state index contributed by atoms with van der Waals surface area (Å²) < 4.78 is 26.8. The van der Waals surface area contributed by atoms with Crippen molar-refractivity contribution in [3.8, 4) is 0 Å². The van der Waals surface area contributed by atoms with E-state index in [2.05, 4.69) is 5.32 Å². The van der Waals surface area contributed by atoms with Crippen LogP contribution in [0.2, 0.25) is 0 Å². The molecule has 0 amide bonds. The number of anilines is 1. The van der Waals surface area contributed by atoms with Crippen molar-refractivity contribution in [2.75, 3.05) is 26.0 Å². The second-order valence-corrected chi connectivity index (χ2v) is 4.65. The molecule has 1 atom stereocenters. The average molecular weight is 273 g/mol. The first-order chi connectivity index (χ1) is 8.82. The Morgan fingerprint density at radius 1 is 1.42 bits per heavy atom. The summed E-state index contributed by atoms with van der Waals surface area (Å²) in [5, 5.41) is 13.5. The van der Waals surface area contributed by atoms with E-state index in [1.165, 1.54) is 0 Å². The van der Waals surface area contributed by atoms with Crippen molar-refractivity contribution in [2.24, 2.45) is 0 Å². The van der Waals surface area contributed by atoms with Gasteiger partial charge in [-0.25, -0.2) is 8.78 Å². The first-order valence-corrected chi connectivity index (χ1v) is 5.86. The SMILES string of the molecule is CC(CCN(C)C)Nc1c([N+](=O)[O-])ccc(F)c1F. The van der Waals surface area contributed by atoms with Gasteiger partial charge in [0.15, 0.2) is 17.3 Å². The van der Waals surface area contributed by atoms with Crippen molar-refractivity contribution in [3.63, 3.8) is 0 Å². The summed E-state index contributed by atoms with van der Waals surface area (Å²) in [7, 11) is 3.77. The molecule has 1 N–H and O–H groups in total. The molecule has 1 aromatic carbocycles. The molecule has 5 nitrogen and oxygen atoms in total. The lowest BCUT2D eigenvalue weighted by atomic mass is 10.2. The zero-order chi connectivity index (χ0) is 14.6. The summed E-state index contributed by atoms with van der Waals surface area (Å²) in [6, 6.07) is 1.50. The van der Waals surface area contributed by atoms with Crippen LogP contribution < -0.4 is 5.32 Å². The summed E-state index contributed by atoms with van der Waals surface area (Å²) >= 11 is 0. The number of hydrogen-bond acceptors (Lipinski definition) is 4. The van der Waals surface area contributed by atoms with Crippen LogP contribution in [0.5, 0.6) is 0 Å². The number of halogens is 2. The van der Waals surface area contributed by atoms with E-state index in [9.17, 15) is 18.9 Å². The molecule has 1 rings (SSSR count). The van der Waals surface area contributed by atoms with Crippen molar-refractivity contribution in [1.82, 2.24) is 4.90 Å². The lowest BCUT2D eigenvalue weighted by molar-refractivity contribution is -0.384. The van der Waals surface area contributed by atoms with E-state index in [1.807, 2.05) is 19.0 Å². The van der Waals surface area contributed by atoms with Crippen LogP contribution in [0.1, 0.15) is 13.3 Å². The quantitative estimate of drug-likeness (QED) is 0.639. The Morgan fingerprint density at radius 3 is 2.58 bits per heavy atom. The van der Waals surface area contributed by atoms with Gasteiger partial charge in [-0.1, -0.05) is 0 Å². The van der Waals surface area contributed by atoms with Crippen LogP contribution in [-0.2, 0) is 0 Å². The highest BCUT2D eigenvalue weighted by Gasteiger charge is 2.22. The molecular weight excluding hydrogens is 256 g/mol. The smallest absolute Gasteiger partial charge is 0.295 e. The molecule has 0 aromatic heterocycles. The molecule has 1 unspecified atom stereocenters. The van der Waals surface area contributed by atoms with Gasteiger partial charge >= 0.3 is 0 Å². The van der Waals surface area contributed by atoms with Gasteiger partial charge in [-0.2, -0.15) is 0 Å². The monoisotopic (exact) mass is 273 g/mol. The van der Waals surface area contributed by atoms with Crippen LogP contribution >= 0.6 is 0 Å². The number of nitro benzene ring substituents is 1. The lowest BCUT2D eigenvalue weighted by Crippen LogP contribution is -2.24. The summed E-state index contributed by atoms with van der Waals surface area (Å²) in [6.07, 6.45) is 0.653. The number of hydrogen-bond donors (Lipinski definition) is 1. The maximum Gasteiger partial charge on any atom is 0.295 e. The first-order valence-electron chi connectivity index (χ1n) is 5.86. The molecule has 0 fully saturated rings. The van der Waals surface area contributed by atoms with Gasteiger partial charge in [0.25, 0.3) is 5.69 Å². The summed E-state index contributed by atoms with van der Waals surface area (Å²) in [6.45, 7) is 2.50. The lowest BCUT2D eigenvalue weighted by Gasteiger charge is -2.18. The third-order valence-electron chi connectivity index (χ3n) is 2.67. The predicted octanol–water partition coefficient (Wildman–Crippen LogP) is 2.63. The Morgan fingerprint density at radius 2 is 2.05 bits per heavy atom. The van der Waals surface area contributed by atoms with Gasteiger partial charge in [-0.3, -0.25) is 10.1 Å². The van der Waals surface area contributed by atoms with Crippen LogP contribution in [0, 0.1) is 21.7 Å². The third-order valence-corrected chi connectivity index (χ3v) is 2.67. The first kappa shape index (κ1) is 15.3. The van der Waals surface area contributed by atoms with Crippen molar-refractivity contribution < 1.29 is 13.7 Å². The minimum atomic E-state index is -1.22. The molecule has 0 radical (unpaired) electrons. The highest BCUT2D eigenvalue weighted by molar-refractivity contribution is 5.62. The number of rotatable bonds is 6. The number of nitrogens with one attached hydrogen (secondary N) is 1. The fourth-order valence-corrected chi connectivity index (χ4v) is 1.60. The van der Waals surface area contributed by atoms with E-state index in [-0.39, 0.29) is 6.04 Å². The van der Waals surface area contributed by atoms with Crippen LogP contribution in [0.15, 0.2) is 12.1 Å². The van der Waals surface area contributed by atoms with Gasteiger partial charge in [0.05, 0.1) is 4.92 Å². The molecule has 19 heavy (non-hydrogen) atoms. The zero-order valence-electron chi connectivity index (χ0n) is 11.1. The molecule has 0 saturated heterocycles. The Kier molecular flexibility index (Phi) is 5.17. The van der Waals surface area contributed by atoms with Crippen molar-refractivity contribution in [2.45, 2.75) is 19.4 Å². The molecule has 0 bridgehead atoms. The number of nitro groups is 1. The Hall–Kier alpha value is -1.76. The second kappa shape index (κ2) is 6.42. The predicted molar refractivity (Wildman–Crippen MR) is 69.3 cm³/mol. The fourth-order valence-electron chi connectivity index (χ4n) is 1.60. The molecule has 0 heterocycles. The van der Waals surface area contributed by atoms with E-state index < -0.39 is 27.9 Å². The standard InChI is InChI=1S/C12H17F2N3O2/c1-8(6-7-16(2)3)15-12-10(17(18)19)5-4-9(13)11(12)14/h4-5,8,15H,6-7H2,1-3H3. The highest BCUT2D eigenvalue weighted by Crippen LogP contribution is 2.29. The maximum atomic E-state index is 13.6. The van der Waals surface area contributed by atoms with Crippen LogP contribution in [-0.4, -0.2) is 36.5 Å². The molecule has 0 aliphatic rings. The molecule has 7 heteroatoms. The van der Waals surface area contributed by atoms with Crippen molar-refractivity contribution in [3.05, 3.63) is 33.9 Å². The summed E-state index contributed by atoms with van der Waals surface area (Å²) in [5.41, 5.74) is -0.855. The molecule has 106 valence electrons. The van der Waals surface area contributed by atoms with E-state index in [1.54, 1.807) is 6.92 Å². The molecule has 0 aliphatic heterocycles. The van der Waals surface area contributed by atoms with Crippen LogP contribution in [0.25, 0.3) is 0 Å². The normalized spacial score (nSPS) is 12.5. The molecule has 0 saturated carbocycles. The van der Waals surface area contributed by atoms with Gasteiger partial charge < -0.3 is 10.2 Å². The second-order valence-electron chi connectivity index (χ2n) is 4.65. The Bertz CT molecular complexity index is 467. The topological polar surface area (TPSA) is 58.4 Å². The van der Waals surface area contributed by atoms with Crippen molar-refractivity contribution >= 4 is 11.4 Å². The van der Waals surface area contributed by atoms with E-state index in [4.69, 9.17) is 0 Å². The van der Waals surface area contributed by atoms with Crippen LogP contribution in [0.4, 0.5) is 20.2 Å². The van der Waals surface area contributed by atoms with Gasteiger partial charge in [0.1, 0.15) is 0 Å². The maximum absolute atomic E-state index is 13.6. The highest BCUT2D eigenvalue weighted by atomic mass is 19.2. The third kappa shape index (κ3) is 4.13. The van der Waals surface area contributed by atoms with Gasteiger partial charge in [0, 0.05) is 12.1 Å². The van der Waals surface area contributed by atoms with Crippen molar-refractivity contribution in [1.29, 1.82) is 0 Å². The summed E-state index contributed by atoms with van der Waals surface area (Å²) in [4.78, 5) is 12.0. The number of benzene rings is 1. The largest absolute Gasteiger partial charge is 0.374 e. The Labute approximate surface area is 110 Å². The fraction of sp³-hybridized carbons (Fsp3) is 0.500. The van der Waals surface area contributed by atoms with Crippen LogP contribution in [0.3, 0.4) is 0 Å². The molecule has 0 aliphatic carbocycles. The molecule has 1 aromatic rings. The summed E-state index contributed by atoms with van der Waals surface area (Å²) in [5.74, 6) is -2.32. The van der Waals surface area contributed by atoms with Gasteiger partial charge in [0.2, 0.25) is 0 Å². The zero-order valence-corrected chi connectivity index (χ0v) is 11.1. The minimum absolute atomic E-state index is 0.211. The van der Waals surface area contributed by atoms with Gasteiger partial charge in [-0.15, -0.1) is 0 Å². The minimum Gasteiger partial charge on any atom is -0.374 e. The molecule has 0 spiro atoms.